The summed E-state index contributed by atoms with van der Waals surface area (Å²) in [6.07, 6.45) is 0.365. The standard InChI is InChI=1S/C8H17NO2/c1-3-10-7-9-4-5-11-8(2)6-9/h8H,3-7H2,1-2H3. The molecule has 1 saturated heterocycles. The summed E-state index contributed by atoms with van der Waals surface area (Å²) in [6, 6.07) is 0. The zero-order valence-corrected chi connectivity index (χ0v) is 7.38. The molecular formula is C8H17NO2. The van der Waals surface area contributed by atoms with E-state index in [1.807, 2.05) is 6.92 Å². The lowest BCUT2D eigenvalue weighted by atomic mass is 10.3. The van der Waals surface area contributed by atoms with Crippen molar-refractivity contribution in [2.24, 2.45) is 0 Å². The van der Waals surface area contributed by atoms with Crippen LogP contribution in [0.4, 0.5) is 0 Å². The van der Waals surface area contributed by atoms with E-state index < -0.39 is 0 Å². The Morgan fingerprint density at radius 3 is 3.09 bits per heavy atom. The normalized spacial score (nSPS) is 27.3. The van der Waals surface area contributed by atoms with Gasteiger partial charge in [-0.15, -0.1) is 0 Å². The Morgan fingerprint density at radius 2 is 2.45 bits per heavy atom. The first-order valence-corrected chi connectivity index (χ1v) is 4.24. The molecule has 0 amide bonds. The fourth-order valence-electron chi connectivity index (χ4n) is 1.23. The SMILES string of the molecule is CCOCN1CCOC(C)C1. The van der Waals surface area contributed by atoms with E-state index in [0.717, 1.165) is 33.0 Å². The molecule has 1 rings (SSSR count). The number of rotatable bonds is 3. The van der Waals surface area contributed by atoms with Crippen LogP contribution in [0, 0.1) is 0 Å². The largest absolute Gasteiger partial charge is 0.376 e. The molecule has 0 spiro atoms. The molecule has 11 heavy (non-hydrogen) atoms. The van der Waals surface area contributed by atoms with E-state index in [-0.39, 0.29) is 0 Å². The van der Waals surface area contributed by atoms with Crippen LogP contribution >= 0.6 is 0 Å². The Balaban J connectivity index is 2.12. The van der Waals surface area contributed by atoms with Gasteiger partial charge in [-0.1, -0.05) is 0 Å². The van der Waals surface area contributed by atoms with Gasteiger partial charge in [0, 0.05) is 19.7 Å². The van der Waals surface area contributed by atoms with Crippen molar-refractivity contribution in [3.63, 3.8) is 0 Å². The summed E-state index contributed by atoms with van der Waals surface area (Å²) in [7, 11) is 0. The first-order valence-electron chi connectivity index (χ1n) is 4.24. The van der Waals surface area contributed by atoms with E-state index in [0.29, 0.717) is 6.10 Å². The molecule has 1 heterocycles. The first kappa shape index (κ1) is 8.97. The van der Waals surface area contributed by atoms with Crippen molar-refractivity contribution in [2.75, 3.05) is 33.0 Å². The molecule has 1 fully saturated rings. The smallest absolute Gasteiger partial charge is 0.0991 e. The molecule has 0 aromatic heterocycles. The number of hydrogen-bond donors (Lipinski definition) is 0. The second kappa shape index (κ2) is 4.70. The van der Waals surface area contributed by atoms with Crippen molar-refractivity contribution in [3.8, 4) is 0 Å². The number of ether oxygens (including phenoxy) is 2. The lowest BCUT2D eigenvalue weighted by Gasteiger charge is -2.30. The maximum absolute atomic E-state index is 5.39. The second-order valence-electron chi connectivity index (χ2n) is 2.88. The minimum Gasteiger partial charge on any atom is -0.376 e. The highest BCUT2D eigenvalue weighted by Crippen LogP contribution is 2.03. The summed E-state index contributed by atoms with van der Waals surface area (Å²) >= 11 is 0. The van der Waals surface area contributed by atoms with Crippen LogP contribution in [0.2, 0.25) is 0 Å². The summed E-state index contributed by atoms with van der Waals surface area (Å²) in [5.74, 6) is 0. The summed E-state index contributed by atoms with van der Waals surface area (Å²) in [4.78, 5) is 2.28. The van der Waals surface area contributed by atoms with Gasteiger partial charge in [0.25, 0.3) is 0 Å². The average molecular weight is 159 g/mol. The van der Waals surface area contributed by atoms with Gasteiger partial charge in [0.15, 0.2) is 0 Å². The first-order chi connectivity index (χ1) is 5.33. The van der Waals surface area contributed by atoms with Crippen LogP contribution < -0.4 is 0 Å². The highest BCUT2D eigenvalue weighted by molar-refractivity contribution is 4.64. The molecule has 3 heteroatoms. The molecule has 0 aromatic rings. The van der Waals surface area contributed by atoms with Gasteiger partial charge >= 0.3 is 0 Å². The minimum absolute atomic E-state index is 0.365. The van der Waals surface area contributed by atoms with E-state index in [4.69, 9.17) is 9.47 Å². The van der Waals surface area contributed by atoms with Gasteiger partial charge in [-0.3, -0.25) is 4.90 Å². The molecule has 1 aliphatic rings. The third-order valence-electron chi connectivity index (χ3n) is 1.80. The van der Waals surface area contributed by atoms with Crippen LogP contribution in [0.25, 0.3) is 0 Å². The Hall–Kier alpha value is -0.120. The van der Waals surface area contributed by atoms with Gasteiger partial charge in [-0.05, 0) is 13.8 Å². The van der Waals surface area contributed by atoms with Crippen molar-refractivity contribution in [1.29, 1.82) is 0 Å². The summed E-state index contributed by atoms with van der Waals surface area (Å²) in [5.41, 5.74) is 0. The highest BCUT2D eigenvalue weighted by Gasteiger charge is 2.15. The van der Waals surface area contributed by atoms with Crippen LogP contribution in [0.15, 0.2) is 0 Å². The van der Waals surface area contributed by atoms with Gasteiger partial charge < -0.3 is 9.47 Å². The maximum atomic E-state index is 5.39. The Kier molecular flexibility index (Phi) is 3.83. The van der Waals surface area contributed by atoms with E-state index in [1.165, 1.54) is 0 Å². The molecular weight excluding hydrogens is 142 g/mol. The average Bonchev–Trinajstić information content (AvgIpc) is 2.01. The molecule has 0 aromatic carbocycles. The molecule has 1 aliphatic heterocycles. The molecule has 1 atom stereocenters. The van der Waals surface area contributed by atoms with Crippen molar-refractivity contribution >= 4 is 0 Å². The Bertz CT molecular complexity index is 108. The predicted molar refractivity (Wildman–Crippen MR) is 43.5 cm³/mol. The van der Waals surface area contributed by atoms with Crippen molar-refractivity contribution in [3.05, 3.63) is 0 Å². The zero-order valence-electron chi connectivity index (χ0n) is 7.38. The fraction of sp³-hybridized carbons (Fsp3) is 1.00. The Labute approximate surface area is 68.3 Å². The maximum Gasteiger partial charge on any atom is 0.0991 e. The van der Waals surface area contributed by atoms with Gasteiger partial charge in [0.2, 0.25) is 0 Å². The van der Waals surface area contributed by atoms with E-state index in [2.05, 4.69) is 11.8 Å². The van der Waals surface area contributed by atoms with Crippen LogP contribution in [0.5, 0.6) is 0 Å². The topological polar surface area (TPSA) is 21.7 Å². The van der Waals surface area contributed by atoms with Gasteiger partial charge in [-0.25, -0.2) is 0 Å². The van der Waals surface area contributed by atoms with Crippen LogP contribution in [-0.4, -0.2) is 44.0 Å². The number of hydrogen-bond acceptors (Lipinski definition) is 3. The quantitative estimate of drug-likeness (QED) is 0.605. The molecule has 66 valence electrons. The van der Waals surface area contributed by atoms with Crippen molar-refractivity contribution < 1.29 is 9.47 Å². The fourth-order valence-corrected chi connectivity index (χ4v) is 1.23. The summed E-state index contributed by atoms with van der Waals surface area (Å²) in [5, 5.41) is 0. The molecule has 0 saturated carbocycles. The molecule has 0 aliphatic carbocycles. The Morgan fingerprint density at radius 1 is 1.64 bits per heavy atom. The van der Waals surface area contributed by atoms with Crippen LogP contribution in [0.3, 0.4) is 0 Å². The van der Waals surface area contributed by atoms with E-state index >= 15 is 0 Å². The predicted octanol–water partition coefficient (Wildman–Crippen LogP) is 0.701. The monoisotopic (exact) mass is 159 g/mol. The van der Waals surface area contributed by atoms with Gasteiger partial charge in [0.1, 0.15) is 0 Å². The van der Waals surface area contributed by atoms with Crippen LogP contribution in [-0.2, 0) is 9.47 Å². The van der Waals surface area contributed by atoms with Crippen LogP contribution in [0.1, 0.15) is 13.8 Å². The van der Waals surface area contributed by atoms with Gasteiger partial charge in [-0.2, -0.15) is 0 Å². The third kappa shape index (κ3) is 3.18. The lowest BCUT2D eigenvalue weighted by Crippen LogP contribution is -2.42. The molecule has 0 bridgehead atoms. The van der Waals surface area contributed by atoms with Gasteiger partial charge in [0.05, 0.1) is 19.4 Å². The molecule has 3 nitrogen and oxygen atoms in total. The minimum atomic E-state index is 0.365. The molecule has 0 radical (unpaired) electrons. The highest BCUT2D eigenvalue weighted by atomic mass is 16.5. The molecule has 0 N–H and O–H groups in total. The van der Waals surface area contributed by atoms with Crippen molar-refractivity contribution in [1.82, 2.24) is 4.90 Å². The van der Waals surface area contributed by atoms with E-state index in [1.54, 1.807) is 0 Å². The lowest BCUT2D eigenvalue weighted by molar-refractivity contribution is -0.0629. The zero-order chi connectivity index (χ0) is 8.10. The summed E-state index contributed by atoms with van der Waals surface area (Å²) in [6.45, 7) is 8.51. The van der Waals surface area contributed by atoms with E-state index in [9.17, 15) is 0 Å². The third-order valence-corrected chi connectivity index (χ3v) is 1.80. The molecule has 1 unspecified atom stereocenters. The second-order valence-corrected chi connectivity index (χ2v) is 2.88. The number of nitrogens with zero attached hydrogens (tertiary/aromatic N) is 1. The number of morpholine rings is 1. The van der Waals surface area contributed by atoms with Crippen molar-refractivity contribution in [2.45, 2.75) is 20.0 Å². The summed E-state index contributed by atoms with van der Waals surface area (Å²) < 4.78 is 10.7.